The summed E-state index contributed by atoms with van der Waals surface area (Å²) in [4.78, 5) is 5.61. The summed E-state index contributed by atoms with van der Waals surface area (Å²) in [6, 6.07) is 1.87. The van der Waals surface area contributed by atoms with Crippen molar-refractivity contribution in [2.45, 2.75) is 76.3 Å². The molecule has 0 aromatic rings. The minimum Gasteiger partial charge on any atom is -0.298 e. The van der Waals surface area contributed by atoms with Gasteiger partial charge in [-0.15, -0.1) is 24.8 Å². The summed E-state index contributed by atoms with van der Waals surface area (Å²) in [5.74, 6) is 0. The fourth-order valence-electron chi connectivity index (χ4n) is 4.36. The van der Waals surface area contributed by atoms with Crippen LogP contribution < -0.4 is 0 Å². The van der Waals surface area contributed by atoms with Crippen LogP contribution in [0.15, 0.2) is 0 Å². The van der Waals surface area contributed by atoms with Gasteiger partial charge in [-0.1, -0.05) is 38.5 Å². The van der Waals surface area contributed by atoms with E-state index in [4.69, 9.17) is 0 Å². The Hall–Kier alpha value is 0.500. The second kappa shape index (κ2) is 9.50. The predicted molar refractivity (Wildman–Crippen MR) is 91.4 cm³/mol. The average molecular weight is 323 g/mol. The van der Waals surface area contributed by atoms with Gasteiger partial charge in [-0.05, 0) is 25.7 Å². The monoisotopic (exact) mass is 322 g/mol. The maximum atomic E-state index is 2.80. The Balaban J connectivity index is 0.000001000. The highest BCUT2D eigenvalue weighted by Gasteiger charge is 2.28. The maximum Gasteiger partial charge on any atom is 0.0113 e. The van der Waals surface area contributed by atoms with Crippen LogP contribution in [0.25, 0.3) is 0 Å². The summed E-state index contributed by atoms with van der Waals surface area (Å²) in [5.41, 5.74) is 0. The Bertz CT molecular complexity index is 217. The van der Waals surface area contributed by atoms with E-state index in [2.05, 4.69) is 9.80 Å². The highest BCUT2D eigenvalue weighted by Crippen LogP contribution is 2.26. The first kappa shape index (κ1) is 18.5. The van der Waals surface area contributed by atoms with E-state index >= 15 is 0 Å². The molecule has 0 radical (unpaired) electrons. The van der Waals surface area contributed by atoms with Crippen molar-refractivity contribution in [3.63, 3.8) is 0 Å². The first-order chi connectivity index (χ1) is 8.93. The summed E-state index contributed by atoms with van der Waals surface area (Å²) in [5, 5.41) is 0. The SMILES string of the molecule is C1CCC(N2CCN(C3CCCCC3)CC2)CC1.Cl.Cl. The minimum atomic E-state index is 0. The molecule has 3 rings (SSSR count). The molecule has 0 N–H and O–H groups in total. The van der Waals surface area contributed by atoms with Crippen LogP contribution in [0.2, 0.25) is 0 Å². The molecule has 0 bridgehead atoms. The molecule has 3 fully saturated rings. The molecule has 3 aliphatic rings. The van der Waals surface area contributed by atoms with E-state index in [1.165, 1.54) is 90.4 Å². The molecule has 0 spiro atoms. The molecule has 0 atom stereocenters. The Labute approximate surface area is 137 Å². The second-order valence-electron chi connectivity index (χ2n) is 6.66. The summed E-state index contributed by atoms with van der Waals surface area (Å²) < 4.78 is 0. The van der Waals surface area contributed by atoms with Gasteiger partial charge < -0.3 is 0 Å². The van der Waals surface area contributed by atoms with Crippen molar-refractivity contribution in [2.75, 3.05) is 26.2 Å². The normalized spacial score (nSPS) is 27.6. The van der Waals surface area contributed by atoms with Crippen molar-refractivity contribution in [3.05, 3.63) is 0 Å². The molecule has 2 saturated carbocycles. The quantitative estimate of drug-likeness (QED) is 0.754. The first-order valence-electron chi connectivity index (χ1n) is 8.41. The predicted octanol–water partition coefficient (Wildman–Crippen LogP) is 4.11. The van der Waals surface area contributed by atoms with Crippen LogP contribution in [0.1, 0.15) is 64.2 Å². The summed E-state index contributed by atoms with van der Waals surface area (Å²) >= 11 is 0. The topological polar surface area (TPSA) is 6.48 Å². The summed E-state index contributed by atoms with van der Waals surface area (Å²) in [7, 11) is 0. The third-order valence-corrected chi connectivity index (χ3v) is 5.53. The van der Waals surface area contributed by atoms with Crippen LogP contribution in [-0.4, -0.2) is 48.1 Å². The fourth-order valence-corrected chi connectivity index (χ4v) is 4.36. The highest BCUT2D eigenvalue weighted by atomic mass is 35.5. The van der Waals surface area contributed by atoms with Crippen LogP contribution in [0, 0.1) is 0 Å². The molecule has 1 heterocycles. The van der Waals surface area contributed by atoms with Gasteiger partial charge >= 0.3 is 0 Å². The van der Waals surface area contributed by atoms with Gasteiger partial charge in [0, 0.05) is 38.3 Å². The van der Waals surface area contributed by atoms with E-state index < -0.39 is 0 Å². The van der Waals surface area contributed by atoms with Gasteiger partial charge in [-0.3, -0.25) is 9.80 Å². The van der Waals surface area contributed by atoms with Gasteiger partial charge in [-0.25, -0.2) is 0 Å². The molecule has 0 amide bonds. The lowest BCUT2D eigenvalue weighted by atomic mass is 9.92. The van der Waals surface area contributed by atoms with E-state index in [1.807, 2.05) is 0 Å². The molecule has 0 aromatic heterocycles. The number of hydrogen-bond donors (Lipinski definition) is 0. The minimum absolute atomic E-state index is 0. The zero-order valence-electron chi connectivity index (χ0n) is 12.8. The number of piperazine rings is 1. The van der Waals surface area contributed by atoms with E-state index in [1.54, 1.807) is 0 Å². The van der Waals surface area contributed by atoms with Crippen LogP contribution >= 0.6 is 24.8 Å². The number of rotatable bonds is 2. The molecule has 0 aromatic carbocycles. The Morgan fingerprint density at radius 1 is 0.450 bits per heavy atom. The first-order valence-corrected chi connectivity index (χ1v) is 8.41. The van der Waals surface area contributed by atoms with E-state index in [0.29, 0.717) is 0 Å². The highest BCUT2D eigenvalue weighted by molar-refractivity contribution is 5.85. The van der Waals surface area contributed by atoms with Gasteiger partial charge in [0.2, 0.25) is 0 Å². The molecule has 4 heteroatoms. The lowest BCUT2D eigenvalue weighted by molar-refractivity contribution is 0.0463. The third kappa shape index (κ3) is 4.76. The van der Waals surface area contributed by atoms with Gasteiger partial charge in [-0.2, -0.15) is 0 Å². The van der Waals surface area contributed by atoms with E-state index in [9.17, 15) is 0 Å². The van der Waals surface area contributed by atoms with Crippen LogP contribution in [0.3, 0.4) is 0 Å². The average Bonchev–Trinajstić information content (AvgIpc) is 2.49. The van der Waals surface area contributed by atoms with Gasteiger partial charge in [0.1, 0.15) is 0 Å². The fraction of sp³-hybridized carbons (Fsp3) is 1.00. The zero-order valence-corrected chi connectivity index (χ0v) is 14.4. The van der Waals surface area contributed by atoms with E-state index in [0.717, 1.165) is 12.1 Å². The third-order valence-electron chi connectivity index (χ3n) is 5.53. The second-order valence-corrected chi connectivity index (χ2v) is 6.66. The summed E-state index contributed by atoms with van der Waals surface area (Å²) in [6.45, 7) is 5.39. The molecular weight excluding hydrogens is 291 g/mol. The number of hydrogen-bond acceptors (Lipinski definition) is 2. The molecule has 1 aliphatic heterocycles. The standard InChI is InChI=1S/C16H30N2.2ClH/c1-3-7-15(8-4-1)17-11-13-18(14-12-17)16-9-5-2-6-10-16;;/h15-16H,1-14H2;2*1H. The van der Waals surface area contributed by atoms with Crippen molar-refractivity contribution >= 4 is 24.8 Å². The molecule has 20 heavy (non-hydrogen) atoms. The molecule has 2 aliphatic carbocycles. The maximum absolute atomic E-state index is 2.80. The van der Waals surface area contributed by atoms with Crippen LogP contribution in [0.4, 0.5) is 0 Å². The molecular formula is C16H32Cl2N2. The lowest BCUT2D eigenvalue weighted by Crippen LogP contribution is -2.53. The van der Waals surface area contributed by atoms with Gasteiger partial charge in [0.25, 0.3) is 0 Å². The number of nitrogens with zero attached hydrogens (tertiary/aromatic N) is 2. The molecule has 2 nitrogen and oxygen atoms in total. The van der Waals surface area contributed by atoms with E-state index in [-0.39, 0.29) is 24.8 Å². The summed E-state index contributed by atoms with van der Waals surface area (Å²) in [6.07, 6.45) is 14.8. The molecule has 120 valence electrons. The van der Waals surface area contributed by atoms with Crippen molar-refractivity contribution < 1.29 is 0 Å². The van der Waals surface area contributed by atoms with Gasteiger partial charge in [0.05, 0.1) is 0 Å². The van der Waals surface area contributed by atoms with Crippen molar-refractivity contribution in [1.82, 2.24) is 9.80 Å². The van der Waals surface area contributed by atoms with Crippen molar-refractivity contribution in [2.24, 2.45) is 0 Å². The van der Waals surface area contributed by atoms with Crippen LogP contribution in [0.5, 0.6) is 0 Å². The molecule has 1 saturated heterocycles. The van der Waals surface area contributed by atoms with Gasteiger partial charge in [0.15, 0.2) is 0 Å². The van der Waals surface area contributed by atoms with Crippen molar-refractivity contribution in [3.8, 4) is 0 Å². The Kier molecular flexibility index (Phi) is 8.81. The lowest BCUT2D eigenvalue weighted by Gasteiger charge is -2.44. The zero-order chi connectivity index (χ0) is 12.2. The van der Waals surface area contributed by atoms with Crippen molar-refractivity contribution in [1.29, 1.82) is 0 Å². The largest absolute Gasteiger partial charge is 0.298 e. The van der Waals surface area contributed by atoms with Crippen LogP contribution in [-0.2, 0) is 0 Å². The Morgan fingerprint density at radius 3 is 1.05 bits per heavy atom. The Morgan fingerprint density at radius 2 is 0.750 bits per heavy atom. The smallest absolute Gasteiger partial charge is 0.0113 e. The molecule has 0 unspecified atom stereocenters. The number of halogens is 2.